The van der Waals surface area contributed by atoms with Gasteiger partial charge < -0.3 is 11.1 Å². The van der Waals surface area contributed by atoms with Crippen LogP contribution in [0.5, 0.6) is 0 Å². The molecule has 6 heteroatoms. The van der Waals surface area contributed by atoms with Crippen LogP contribution in [0.2, 0.25) is 5.02 Å². The van der Waals surface area contributed by atoms with Gasteiger partial charge in [-0.25, -0.2) is 8.78 Å². The monoisotopic (exact) mass is 312 g/mol. The second kappa shape index (κ2) is 6.49. The van der Waals surface area contributed by atoms with Gasteiger partial charge in [-0.15, -0.1) is 0 Å². The number of alkyl halides is 2. The third-order valence-corrected chi connectivity index (χ3v) is 3.31. The summed E-state index contributed by atoms with van der Waals surface area (Å²) < 4.78 is 24.8. The molecule has 1 rings (SSSR count). The first kappa shape index (κ1) is 13.8. The molecule has 0 saturated carbocycles. The summed E-state index contributed by atoms with van der Waals surface area (Å²) in [6, 6.07) is 4.96. The summed E-state index contributed by atoms with van der Waals surface area (Å²) >= 11 is 9.11. The molecule has 0 spiro atoms. The van der Waals surface area contributed by atoms with Crippen molar-refractivity contribution in [2.24, 2.45) is 5.73 Å². The summed E-state index contributed by atoms with van der Waals surface area (Å²) in [7, 11) is 0. The lowest BCUT2D eigenvalue weighted by Crippen LogP contribution is -2.31. The quantitative estimate of drug-likeness (QED) is 0.877. The molecular weight excluding hydrogens is 301 g/mol. The van der Waals surface area contributed by atoms with Crippen LogP contribution in [0.1, 0.15) is 11.6 Å². The molecule has 1 aromatic rings. The zero-order valence-corrected chi connectivity index (χ0v) is 10.7. The molecule has 0 amide bonds. The van der Waals surface area contributed by atoms with Gasteiger partial charge in [-0.05, 0) is 33.6 Å². The summed E-state index contributed by atoms with van der Waals surface area (Å²) in [4.78, 5) is 0. The molecule has 0 saturated heterocycles. The number of nitrogens with two attached hydrogens (primary N) is 1. The fraction of sp³-hybridized carbons (Fsp3) is 0.400. The second-order valence-electron chi connectivity index (χ2n) is 3.26. The molecule has 1 aromatic carbocycles. The Morgan fingerprint density at radius 3 is 2.62 bits per heavy atom. The van der Waals surface area contributed by atoms with E-state index in [1.54, 1.807) is 18.2 Å². The number of nitrogens with one attached hydrogen (secondary N) is 1. The Morgan fingerprint density at radius 1 is 1.44 bits per heavy atom. The van der Waals surface area contributed by atoms with Gasteiger partial charge in [-0.3, -0.25) is 0 Å². The lowest BCUT2D eigenvalue weighted by Gasteiger charge is -2.17. The molecule has 0 aliphatic heterocycles. The van der Waals surface area contributed by atoms with Crippen molar-refractivity contribution in [3.63, 3.8) is 0 Å². The molecule has 1 unspecified atom stereocenters. The molecule has 0 bridgehead atoms. The molecule has 0 aliphatic rings. The molecule has 0 aliphatic carbocycles. The summed E-state index contributed by atoms with van der Waals surface area (Å²) in [5, 5.41) is 3.27. The largest absolute Gasteiger partial charge is 0.329 e. The number of halogens is 4. The second-order valence-corrected chi connectivity index (χ2v) is 4.52. The van der Waals surface area contributed by atoms with Gasteiger partial charge >= 0.3 is 0 Å². The van der Waals surface area contributed by atoms with E-state index in [1.165, 1.54) is 0 Å². The van der Waals surface area contributed by atoms with Gasteiger partial charge in [0.2, 0.25) is 0 Å². The average Bonchev–Trinajstić information content (AvgIpc) is 2.23. The van der Waals surface area contributed by atoms with Crippen molar-refractivity contribution in [2.75, 3.05) is 13.1 Å². The maximum atomic E-state index is 12.1. The van der Waals surface area contributed by atoms with E-state index in [0.717, 1.165) is 10.0 Å². The minimum absolute atomic E-state index is 0.251. The Bertz CT molecular complexity index is 350. The Kier molecular flexibility index (Phi) is 5.61. The van der Waals surface area contributed by atoms with Crippen molar-refractivity contribution in [3.8, 4) is 0 Å². The number of rotatable bonds is 5. The highest BCUT2D eigenvalue weighted by Crippen LogP contribution is 2.25. The predicted molar refractivity (Wildman–Crippen MR) is 65.0 cm³/mol. The Morgan fingerprint density at radius 2 is 2.12 bits per heavy atom. The molecule has 3 N–H and O–H groups in total. The topological polar surface area (TPSA) is 38.0 Å². The number of hydrogen-bond acceptors (Lipinski definition) is 2. The predicted octanol–water partition coefficient (Wildman–Crippen LogP) is 2.96. The van der Waals surface area contributed by atoms with E-state index >= 15 is 0 Å². The Hall–Kier alpha value is -0.230. The molecule has 2 nitrogen and oxygen atoms in total. The van der Waals surface area contributed by atoms with Crippen LogP contribution in [0.4, 0.5) is 8.78 Å². The summed E-state index contributed by atoms with van der Waals surface area (Å²) in [5.74, 6) is 0. The maximum Gasteiger partial charge on any atom is 0.250 e. The van der Waals surface area contributed by atoms with Crippen molar-refractivity contribution in [1.29, 1.82) is 0 Å². The first-order valence-electron chi connectivity index (χ1n) is 4.71. The minimum Gasteiger partial charge on any atom is -0.329 e. The zero-order chi connectivity index (χ0) is 12.1. The van der Waals surface area contributed by atoms with Gasteiger partial charge in [0.25, 0.3) is 6.43 Å². The van der Waals surface area contributed by atoms with Crippen molar-refractivity contribution in [3.05, 3.63) is 33.3 Å². The van der Waals surface area contributed by atoms with E-state index in [4.69, 9.17) is 17.3 Å². The van der Waals surface area contributed by atoms with Gasteiger partial charge in [0.05, 0.1) is 11.6 Å². The third kappa shape index (κ3) is 3.97. The lowest BCUT2D eigenvalue weighted by atomic mass is 10.1. The minimum atomic E-state index is -2.38. The smallest absolute Gasteiger partial charge is 0.250 e. The SMILES string of the molecule is NCC(NCC(F)F)c1ccc(Cl)c(Br)c1. The van der Waals surface area contributed by atoms with Crippen LogP contribution in [-0.4, -0.2) is 19.5 Å². The van der Waals surface area contributed by atoms with E-state index in [9.17, 15) is 8.78 Å². The lowest BCUT2D eigenvalue weighted by molar-refractivity contribution is 0.141. The first-order chi connectivity index (χ1) is 7.54. The van der Waals surface area contributed by atoms with E-state index < -0.39 is 6.43 Å². The maximum absolute atomic E-state index is 12.1. The Balaban J connectivity index is 2.74. The van der Waals surface area contributed by atoms with Crippen molar-refractivity contribution in [1.82, 2.24) is 5.32 Å². The van der Waals surface area contributed by atoms with Crippen LogP contribution >= 0.6 is 27.5 Å². The van der Waals surface area contributed by atoms with E-state index in [0.29, 0.717) is 5.02 Å². The van der Waals surface area contributed by atoms with Crippen molar-refractivity contribution >= 4 is 27.5 Å². The molecular formula is C10H12BrClF2N2. The van der Waals surface area contributed by atoms with Gasteiger partial charge in [0, 0.05) is 17.1 Å². The van der Waals surface area contributed by atoms with E-state index in [-0.39, 0.29) is 19.1 Å². The van der Waals surface area contributed by atoms with Gasteiger partial charge in [-0.1, -0.05) is 17.7 Å². The van der Waals surface area contributed by atoms with E-state index in [2.05, 4.69) is 21.2 Å². The Labute approximate surface area is 106 Å². The normalized spacial score (nSPS) is 13.1. The summed E-state index contributed by atoms with van der Waals surface area (Å²) in [5.41, 5.74) is 6.36. The third-order valence-electron chi connectivity index (χ3n) is 2.10. The van der Waals surface area contributed by atoms with Crippen molar-refractivity contribution in [2.45, 2.75) is 12.5 Å². The van der Waals surface area contributed by atoms with Gasteiger partial charge in [-0.2, -0.15) is 0 Å². The fourth-order valence-corrected chi connectivity index (χ4v) is 1.81. The van der Waals surface area contributed by atoms with Gasteiger partial charge in [0.1, 0.15) is 0 Å². The molecule has 0 heterocycles. The van der Waals surface area contributed by atoms with Crippen molar-refractivity contribution < 1.29 is 8.78 Å². The van der Waals surface area contributed by atoms with Crippen LogP contribution in [0.25, 0.3) is 0 Å². The van der Waals surface area contributed by atoms with Crippen LogP contribution in [-0.2, 0) is 0 Å². The van der Waals surface area contributed by atoms with Crippen LogP contribution < -0.4 is 11.1 Å². The average molecular weight is 314 g/mol. The zero-order valence-electron chi connectivity index (χ0n) is 8.39. The van der Waals surface area contributed by atoms with Gasteiger partial charge in [0.15, 0.2) is 0 Å². The number of hydrogen-bond donors (Lipinski definition) is 2. The highest BCUT2D eigenvalue weighted by Gasteiger charge is 2.12. The highest BCUT2D eigenvalue weighted by molar-refractivity contribution is 9.10. The highest BCUT2D eigenvalue weighted by atomic mass is 79.9. The molecule has 0 fully saturated rings. The molecule has 90 valence electrons. The van der Waals surface area contributed by atoms with Crippen LogP contribution in [0.15, 0.2) is 22.7 Å². The summed E-state index contributed by atoms with van der Waals surface area (Å²) in [6.07, 6.45) is -2.38. The molecule has 1 atom stereocenters. The van der Waals surface area contributed by atoms with E-state index in [1.807, 2.05) is 0 Å². The summed E-state index contributed by atoms with van der Waals surface area (Å²) in [6.45, 7) is -0.122. The van der Waals surface area contributed by atoms with Crippen LogP contribution in [0.3, 0.4) is 0 Å². The number of benzene rings is 1. The molecule has 0 aromatic heterocycles. The molecule has 0 radical (unpaired) electrons. The standard InChI is InChI=1S/C10H12BrClF2N2/c11-7-3-6(1-2-8(7)12)9(4-15)16-5-10(13)14/h1-3,9-10,16H,4-5,15H2. The fourth-order valence-electron chi connectivity index (χ4n) is 1.30. The molecule has 16 heavy (non-hydrogen) atoms. The van der Waals surface area contributed by atoms with Crippen LogP contribution in [0, 0.1) is 0 Å². The first-order valence-corrected chi connectivity index (χ1v) is 5.88.